The van der Waals surface area contributed by atoms with E-state index in [0.29, 0.717) is 11.8 Å². The Kier molecular flexibility index (Phi) is 5.41. The maximum atomic E-state index is 12.6. The molecule has 2 aromatic carbocycles. The van der Waals surface area contributed by atoms with Crippen LogP contribution in [0.1, 0.15) is 74.3 Å². The molecule has 0 unspecified atom stereocenters. The first kappa shape index (κ1) is 19.2. The number of nitrogens with one attached hydrogen (secondary N) is 1. The molecule has 1 heterocycles. The molecule has 0 spiro atoms. The van der Waals surface area contributed by atoms with Crippen LogP contribution in [0.15, 0.2) is 30.3 Å². The SMILES string of the molecule is CCc1ccc2c(c1)/C(=C\c1cc(C(C)C)c(OC)c(C(C)C)c1)C(=O)N2. The number of benzene rings is 2. The number of rotatable bonds is 5. The van der Waals surface area contributed by atoms with Gasteiger partial charge in [-0.1, -0.05) is 40.7 Å². The second-order valence-electron chi connectivity index (χ2n) is 7.79. The van der Waals surface area contributed by atoms with E-state index in [-0.39, 0.29) is 5.91 Å². The average molecular weight is 364 g/mol. The molecule has 3 nitrogen and oxygen atoms in total. The van der Waals surface area contributed by atoms with E-state index in [1.54, 1.807) is 7.11 Å². The van der Waals surface area contributed by atoms with Crippen LogP contribution in [0.5, 0.6) is 5.75 Å². The summed E-state index contributed by atoms with van der Waals surface area (Å²) in [6.45, 7) is 10.8. The summed E-state index contributed by atoms with van der Waals surface area (Å²) in [5.74, 6) is 1.61. The first-order chi connectivity index (χ1) is 12.8. The molecule has 3 rings (SSSR count). The first-order valence-corrected chi connectivity index (χ1v) is 9.73. The van der Waals surface area contributed by atoms with Crippen molar-refractivity contribution in [2.75, 3.05) is 12.4 Å². The molecule has 27 heavy (non-hydrogen) atoms. The average Bonchev–Trinajstić information content (AvgIpc) is 2.95. The largest absolute Gasteiger partial charge is 0.496 e. The predicted molar refractivity (Wildman–Crippen MR) is 113 cm³/mol. The fraction of sp³-hybridized carbons (Fsp3) is 0.375. The van der Waals surface area contributed by atoms with Crippen LogP contribution >= 0.6 is 0 Å². The van der Waals surface area contributed by atoms with Crippen LogP contribution in [0.25, 0.3) is 11.6 Å². The van der Waals surface area contributed by atoms with E-state index in [0.717, 1.165) is 34.6 Å². The van der Waals surface area contributed by atoms with E-state index in [2.05, 4.69) is 64.2 Å². The zero-order valence-corrected chi connectivity index (χ0v) is 17.1. The highest BCUT2D eigenvalue weighted by Gasteiger charge is 2.25. The second-order valence-corrected chi connectivity index (χ2v) is 7.79. The fourth-order valence-electron chi connectivity index (χ4n) is 3.64. The fourth-order valence-corrected chi connectivity index (χ4v) is 3.64. The zero-order valence-electron chi connectivity index (χ0n) is 17.1. The van der Waals surface area contributed by atoms with Gasteiger partial charge in [0.05, 0.1) is 7.11 Å². The molecule has 2 aromatic rings. The summed E-state index contributed by atoms with van der Waals surface area (Å²) in [4.78, 5) is 12.6. The van der Waals surface area contributed by atoms with Crippen LogP contribution in [0.3, 0.4) is 0 Å². The molecule has 1 N–H and O–H groups in total. The van der Waals surface area contributed by atoms with Gasteiger partial charge >= 0.3 is 0 Å². The maximum absolute atomic E-state index is 12.6. The minimum Gasteiger partial charge on any atom is -0.496 e. The number of hydrogen-bond acceptors (Lipinski definition) is 2. The molecule has 1 aliphatic rings. The molecular formula is C24H29NO2. The van der Waals surface area contributed by atoms with Gasteiger partial charge in [-0.15, -0.1) is 0 Å². The van der Waals surface area contributed by atoms with Crippen LogP contribution in [-0.2, 0) is 11.2 Å². The van der Waals surface area contributed by atoms with Crippen LogP contribution in [0.4, 0.5) is 5.69 Å². The number of fused-ring (bicyclic) bond motifs is 1. The van der Waals surface area contributed by atoms with Gasteiger partial charge in [0.25, 0.3) is 5.91 Å². The lowest BCUT2D eigenvalue weighted by Gasteiger charge is -2.19. The molecule has 0 aromatic heterocycles. The van der Waals surface area contributed by atoms with E-state index in [1.807, 2.05) is 12.1 Å². The monoisotopic (exact) mass is 363 g/mol. The van der Waals surface area contributed by atoms with E-state index >= 15 is 0 Å². The Morgan fingerprint density at radius 1 is 1.04 bits per heavy atom. The van der Waals surface area contributed by atoms with Crippen LogP contribution in [0, 0.1) is 0 Å². The Morgan fingerprint density at radius 3 is 2.19 bits per heavy atom. The standard InChI is InChI=1S/C24H29NO2/c1-7-16-8-9-22-20(10-16)21(24(26)25-22)13-17-11-18(14(2)3)23(27-6)19(12-17)15(4)5/h8-15H,7H2,1-6H3,(H,25,26)/b21-13+. The van der Waals surface area contributed by atoms with E-state index in [4.69, 9.17) is 4.74 Å². The summed E-state index contributed by atoms with van der Waals surface area (Å²) in [5, 5.41) is 2.98. The van der Waals surface area contributed by atoms with Gasteiger partial charge in [-0.2, -0.15) is 0 Å². The molecule has 0 aliphatic carbocycles. The van der Waals surface area contributed by atoms with Crippen molar-refractivity contribution in [2.45, 2.75) is 52.9 Å². The molecule has 0 atom stereocenters. The van der Waals surface area contributed by atoms with E-state index < -0.39 is 0 Å². The number of amides is 1. The lowest BCUT2D eigenvalue weighted by atomic mass is 9.90. The van der Waals surface area contributed by atoms with Crippen molar-refractivity contribution in [1.29, 1.82) is 0 Å². The van der Waals surface area contributed by atoms with Crippen molar-refractivity contribution in [1.82, 2.24) is 0 Å². The van der Waals surface area contributed by atoms with Crippen molar-refractivity contribution in [3.05, 3.63) is 58.1 Å². The summed E-state index contributed by atoms with van der Waals surface area (Å²) >= 11 is 0. The Hall–Kier alpha value is -2.55. The lowest BCUT2D eigenvalue weighted by molar-refractivity contribution is -0.110. The molecule has 1 aliphatic heterocycles. The molecular weight excluding hydrogens is 334 g/mol. The minimum absolute atomic E-state index is 0.0359. The highest BCUT2D eigenvalue weighted by atomic mass is 16.5. The number of ether oxygens (including phenoxy) is 1. The third-order valence-corrected chi connectivity index (χ3v) is 5.20. The number of carbonyl (C=O) groups is 1. The van der Waals surface area contributed by atoms with Gasteiger partial charge in [0, 0.05) is 16.8 Å². The second kappa shape index (κ2) is 7.59. The maximum Gasteiger partial charge on any atom is 0.256 e. The highest BCUT2D eigenvalue weighted by molar-refractivity contribution is 6.35. The summed E-state index contributed by atoms with van der Waals surface area (Å²) in [6, 6.07) is 10.5. The summed E-state index contributed by atoms with van der Waals surface area (Å²) in [6.07, 6.45) is 2.96. The van der Waals surface area contributed by atoms with Crippen molar-refractivity contribution < 1.29 is 9.53 Å². The Labute approximate surface area is 162 Å². The Morgan fingerprint density at radius 2 is 1.67 bits per heavy atom. The smallest absolute Gasteiger partial charge is 0.256 e. The van der Waals surface area contributed by atoms with Gasteiger partial charge in [-0.05, 0) is 70.9 Å². The minimum atomic E-state index is -0.0359. The molecule has 3 heteroatoms. The van der Waals surface area contributed by atoms with Crippen molar-refractivity contribution in [2.24, 2.45) is 0 Å². The number of methoxy groups -OCH3 is 1. The number of anilines is 1. The van der Waals surface area contributed by atoms with E-state index in [1.165, 1.54) is 16.7 Å². The van der Waals surface area contributed by atoms with Crippen LogP contribution < -0.4 is 10.1 Å². The summed E-state index contributed by atoms with van der Waals surface area (Å²) < 4.78 is 5.73. The molecule has 0 fully saturated rings. The van der Waals surface area contributed by atoms with Gasteiger partial charge in [-0.25, -0.2) is 0 Å². The van der Waals surface area contributed by atoms with Crippen LogP contribution in [0.2, 0.25) is 0 Å². The quantitative estimate of drug-likeness (QED) is 0.662. The summed E-state index contributed by atoms with van der Waals surface area (Å²) in [5.41, 5.74) is 7.25. The molecule has 0 saturated heterocycles. The third-order valence-electron chi connectivity index (χ3n) is 5.20. The topological polar surface area (TPSA) is 38.3 Å². The van der Waals surface area contributed by atoms with Gasteiger partial charge in [0.2, 0.25) is 0 Å². The van der Waals surface area contributed by atoms with Gasteiger partial charge < -0.3 is 10.1 Å². The predicted octanol–water partition coefficient (Wildman–Crippen LogP) is 6.00. The molecule has 0 saturated carbocycles. The van der Waals surface area contributed by atoms with Gasteiger partial charge in [-0.3, -0.25) is 4.79 Å². The summed E-state index contributed by atoms with van der Waals surface area (Å²) in [7, 11) is 1.73. The molecule has 0 bridgehead atoms. The van der Waals surface area contributed by atoms with E-state index in [9.17, 15) is 4.79 Å². The number of hydrogen-bond donors (Lipinski definition) is 1. The molecule has 1 amide bonds. The normalized spacial score (nSPS) is 14.8. The van der Waals surface area contributed by atoms with Gasteiger partial charge in [0.1, 0.15) is 5.75 Å². The first-order valence-electron chi connectivity index (χ1n) is 9.73. The van der Waals surface area contributed by atoms with Crippen LogP contribution in [-0.4, -0.2) is 13.0 Å². The van der Waals surface area contributed by atoms with Crippen molar-refractivity contribution in [3.8, 4) is 5.75 Å². The van der Waals surface area contributed by atoms with Gasteiger partial charge in [0.15, 0.2) is 0 Å². The van der Waals surface area contributed by atoms with Crippen molar-refractivity contribution in [3.63, 3.8) is 0 Å². The molecule has 0 radical (unpaired) electrons. The Bertz CT molecular complexity index is 878. The number of carbonyl (C=O) groups excluding carboxylic acids is 1. The lowest BCUT2D eigenvalue weighted by Crippen LogP contribution is -2.04. The molecule has 142 valence electrons. The third kappa shape index (κ3) is 3.64. The highest BCUT2D eigenvalue weighted by Crippen LogP contribution is 2.38. The van der Waals surface area contributed by atoms with Crippen molar-refractivity contribution >= 4 is 23.2 Å². The Balaban J connectivity index is 2.17. The zero-order chi connectivity index (χ0) is 19.7. The number of aryl methyl sites for hydroxylation is 1.